The molecule has 0 saturated heterocycles. The minimum Gasteiger partial charge on any atom is -0.140 e. The van der Waals surface area contributed by atoms with Crippen LogP contribution in [-0.2, 0) is 25.7 Å². The van der Waals surface area contributed by atoms with Gasteiger partial charge in [-0.2, -0.15) is 0 Å². The Hall–Kier alpha value is -1.86. The van der Waals surface area contributed by atoms with Gasteiger partial charge in [0.05, 0.1) is 0 Å². The summed E-state index contributed by atoms with van der Waals surface area (Å²) in [6.45, 7) is 8.44. The van der Waals surface area contributed by atoms with Crippen LogP contribution in [0.4, 0.5) is 0 Å². The number of hydrogen-bond donors (Lipinski definition) is 0. The molecule has 0 N–H and O–H groups in total. The molecule has 0 unspecified atom stereocenters. The standard InChI is InChI=1S/C22H24S/c1-4-16-7-9-17(10-8-16)11-13-20-18(5-2)12-14-22-21(20)15-19(6-3)23-22/h5,7-10,12,14-15H,2,4,6,11,13H2,1,3H3. The predicted octanol–water partition coefficient (Wildman–Crippen LogP) is 6.45. The summed E-state index contributed by atoms with van der Waals surface area (Å²) in [4.78, 5) is 1.47. The third kappa shape index (κ3) is 3.40. The molecule has 0 saturated carbocycles. The van der Waals surface area contributed by atoms with Crippen LogP contribution in [0.3, 0.4) is 0 Å². The van der Waals surface area contributed by atoms with E-state index in [0.29, 0.717) is 0 Å². The van der Waals surface area contributed by atoms with Crippen LogP contribution in [0.2, 0.25) is 0 Å². The maximum absolute atomic E-state index is 4.01. The first-order valence-corrected chi connectivity index (χ1v) is 9.31. The van der Waals surface area contributed by atoms with Gasteiger partial charge in [-0.25, -0.2) is 0 Å². The van der Waals surface area contributed by atoms with Gasteiger partial charge in [-0.15, -0.1) is 11.3 Å². The zero-order valence-electron chi connectivity index (χ0n) is 14.1. The number of fused-ring (bicyclic) bond motifs is 1. The van der Waals surface area contributed by atoms with Crippen LogP contribution in [0, 0.1) is 0 Å². The van der Waals surface area contributed by atoms with Gasteiger partial charge in [-0.1, -0.05) is 56.8 Å². The van der Waals surface area contributed by atoms with Gasteiger partial charge >= 0.3 is 0 Å². The normalized spacial score (nSPS) is 11.0. The number of aryl methyl sites for hydroxylation is 4. The Bertz CT molecular complexity index is 806. The molecule has 0 nitrogen and oxygen atoms in total. The minimum absolute atomic E-state index is 1.07. The average Bonchev–Trinajstić information content (AvgIpc) is 3.03. The summed E-state index contributed by atoms with van der Waals surface area (Å²) in [5.41, 5.74) is 5.56. The van der Waals surface area contributed by atoms with E-state index in [4.69, 9.17) is 0 Å². The topological polar surface area (TPSA) is 0 Å². The molecule has 0 amide bonds. The van der Waals surface area contributed by atoms with Gasteiger partial charge in [-0.05, 0) is 65.5 Å². The molecule has 1 heterocycles. The van der Waals surface area contributed by atoms with E-state index in [1.807, 2.05) is 17.4 Å². The van der Waals surface area contributed by atoms with Gasteiger partial charge < -0.3 is 0 Å². The van der Waals surface area contributed by atoms with E-state index in [-0.39, 0.29) is 0 Å². The van der Waals surface area contributed by atoms with Crippen molar-refractivity contribution in [1.29, 1.82) is 0 Å². The Morgan fingerprint density at radius 3 is 2.30 bits per heavy atom. The fourth-order valence-electron chi connectivity index (χ4n) is 3.09. The maximum atomic E-state index is 4.01. The summed E-state index contributed by atoms with van der Waals surface area (Å²) in [5, 5.41) is 1.43. The van der Waals surface area contributed by atoms with Crippen LogP contribution in [0.5, 0.6) is 0 Å². The van der Waals surface area contributed by atoms with Crippen molar-refractivity contribution in [2.75, 3.05) is 0 Å². The van der Waals surface area contributed by atoms with Crippen molar-refractivity contribution in [2.24, 2.45) is 0 Å². The maximum Gasteiger partial charge on any atom is 0.0348 e. The van der Waals surface area contributed by atoms with E-state index in [9.17, 15) is 0 Å². The Balaban J connectivity index is 1.90. The fraction of sp³-hybridized carbons (Fsp3) is 0.273. The van der Waals surface area contributed by atoms with Crippen molar-refractivity contribution in [3.8, 4) is 0 Å². The Labute approximate surface area is 143 Å². The molecule has 0 aliphatic rings. The van der Waals surface area contributed by atoms with Gasteiger partial charge in [0.1, 0.15) is 0 Å². The van der Waals surface area contributed by atoms with Crippen LogP contribution < -0.4 is 0 Å². The summed E-state index contributed by atoms with van der Waals surface area (Å²) in [6, 6.07) is 15.9. The van der Waals surface area contributed by atoms with E-state index in [2.05, 4.69) is 62.9 Å². The van der Waals surface area contributed by atoms with E-state index < -0.39 is 0 Å². The van der Waals surface area contributed by atoms with Crippen LogP contribution >= 0.6 is 11.3 Å². The third-order valence-electron chi connectivity index (χ3n) is 4.56. The Morgan fingerprint density at radius 2 is 1.65 bits per heavy atom. The van der Waals surface area contributed by atoms with Gasteiger partial charge in [0.25, 0.3) is 0 Å². The molecule has 2 aromatic carbocycles. The van der Waals surface area contributed by atoms with Gasteiger partial charge in [0, 0.05) is 9.58 Å². The molecule has 3 rings (SSSR count). The quantitative estimate of drug-likeness (QED) is 0.489. The molecule has 0 spiro atoms. The highest BCUT2D eigenvalue weighted by atomic mass is 32.1. The van der Waals surface area contributed by atoms with Crippen molar-refractivity contribution in [2.45, 2.75) is 39.5 Å². The Morgan fingerprint density at radius 1 is 0.913 bits per heavy atom. The van der Waals surface area contributed by atoms with E-state index in [0.717, 1.165) is 25.7 Å². The highest BCUT2D eigenvalue weighted by Crippen LogP contribution is 2.32. The van der Waals surface area contributed by atoms with Gasteiger partial charge in [0.2, 0.25) is 0 Å². The first kappa shape index (κ1) is 16.0. The molecule has 1 aromatic heterocycles. The first-order chi connectivity index (χ1) is 11.2. The lowest BCUT2D eigenvalue weighted by Gasteiger charge is -2.09. The molecular weight excluding hydrogens is 296 g/mol. The largest absolute Gasteiger partial charge is 0.140 e. The molecule has 3 aromatic rings. The number of benzene rings is 2. The Kier molecular flexibility index (Phi) is 4.97. The SMILES string of the molecule is C=Cc1ccc2sc(CC)cc2c1CCc1ccc(CC)cc1. The molecule has 0 fully saturated rings. The van der Waals surface area contributed by atoms with E-state index >= 15 is 0 Å². The number of hydrogen-bond acceptors (Lipinski definition) is 1. The van der Waals surface area contributed by atoms with Crippen LogP contribution in [0.1, 0.15) is 41.0 Å². The molecular formula is C22H24S. The molecule has 0 radical (unpaired) electrons. The van der Waals surface area contributed by atoms with Crippen LogP contribution in [-0.4, -0.2) is 0 Å². The van der Waals surface area contributed by atoms with E-state index in [1.54, 1.807) is 0 Å². The summed E-state index contributed by atoms with van der Waals surface area (Å²) < 4.78 is 1.41. The van der Waals surface area contributed by atoms with Gasteiger partial charge in [-0.3, -0.25) is 0 Å². The van der Waals surface area contributed by atoms with E-state index in [1.165, 1.54) is 37.2 Å². The number of rotatable bonds is 6. The lowest BCUT2D eigenvalue weighted by atomic mass is 9.96. The molecule has 0 aliphatic heterocycles. The van der Waals surface area contributed by atoms with Crippen molar-refractivity contribution < 1.29 is 0 Å². The summed E-state index contributed by atoms with van der Waals surface area (Å²) in [6.07, 6.45) is 6.37. The predicted molar refractivity (Wildman–Crippen MR) is 105 cm³/mol. The zero-order valence-corrected chi connectivity index (χ0v) is 14.9. The molecule has 23 heavy (non-hydrogen) atoms. The summed E-state index contributed by atoms with van der Waals surface area (Å²) >= 11 is 1.92. The second-order valence-electron chi connectivity index (χ2n) is 5.99. The average molecular weight is 321 g/mol. The lowest BCUT2D eigenvalue weighted by Crippen LogP contribution is -1.95. The highest BCUT2D eigenvalue weighted by Gasteiger charge is 2.09. The second kappa shape index (κ2) is 7.14. The van der Waals surface area contributed by atoms with Crippen molar-refractivity contribution in [1.82, 2.24) is 0 Å². The van der Waals surface area contributed by atoms with Gasteiger partial charge in [0.15, 0.2) is 0 Å². The molecule has 0 atom stereocenters. The molecule has 0 bridgehead atoms. The van der Waals surface area contributed by atoms with Crippen LogP contribution in [0.25, 0.3) is 16.2 Å². The molecule has 1 heteroatoms. The fourth-order valence-corrected chi connectivity index (χ4v) is 4.13. The lowest BCUT2D eigenvalue weighted by molar-refractivity contribution is 0.963. The van der Waals surface area contributed by atoms with Crippen molar-refractivity contribution in [3.63, 3.8) is 0 Å². The molecule has 118 valence electrons. The van der Waals surface area contributed by atoms with Crippen molar-refractivity contribution >= 4 is 27.5 Å². The smallest absolute Gasteiger partial charge is 0.0348 e. The monoisotopic (exact) mass is 320 g/mol. The third-order valence-corrected chi connectivity index (χ3v) is 5.81. The van der Waals surface area contributed by atoms with Crippen molar-refractivity contribution in [3.05, 3.63) is 76.2 Å². The highest BCUT2D eigenvalue weighted by molar-refractivity contribution is 7.19. The summed E-state index contributed by atoms with van der Waals surface area (Å²) in [5.74, 6) is 0. The first-order valence-electron chi connectivity index (χ1n) is 8.49. The second-order valence-corrected chi connectivity index (χ2v) is 7.15. The zero-order chi connectivity index (χ0) is 16.2. The van der Waals surface area contributed by atoms with Crippen LogP contribution in [0.15, 0.2) is 49.0 Å². The number of thiophene rings is 1. The molecule has 0 aliphatic carbocycles. The minimum atomic E-state index is 1.07. The summed E-state index contributed by atoms with van der Waals surface area (Å²) in [7, 11) is 0.